The van der Waals surface area contributed by atoms with E-state index in [1.807, 2.05) is 86.6 Å². The Balaban J connectivity index is 1.50. The lowest BCUT2D eigenvalue weighted by Gasteiger charge is -2.19. The highest BCUT2D eigenvalue weighted by atomic mass is 32.2. The largest absolute Gasteiger partial charge is 0.497 e. The average Bonchev–Trinajstić information content (AvgIpc) is 2.91. The topological polar surface area (TPSA) is 67.4 Å². The van der Waals surface area contributed by atoms with E-state index in [-0.39, 0.29) is 11.8 Å². The molecule has 2 N–H and O–H groups in total. The third kappa shape index (κ3) is 6.15. The molecule has 0 saturated carbocycles. The molecule has 0 saturated heterocycles. The van der Waals surface area contributed by atoms with Gasteiger partial charge in [0.25, 0.3) is 5.91 Å². The fraction of sp³-hybridized carbons (Fsp3) is 0.133. The summed E-state index contributed by atoms with van der Waals surface area (Å²) in [7, 11) is 1.57. The van der Waals surface area contributed by atoms with Crippen molar-refractivity contribution in [2.24, 2.45) is 0 Å². The van der Waals surface area contributed by atoms with Crippen LogP contribution in [0.3, 0.4) is 0 Å². The van der Waals surface area contributed by atoms with E-state index in [0.29, 0.717) is 17.0 Å². The Hall–Kier alpha value is -4.03. The second kappa shape index (κ2) is 11.6. The third-order valence-electron chi connectivity index (χ3n) is 5.90. The first kappa shape index (κ1) is 25.1. The molecule has 1 unspecified atom stereocenters. The van der Waals surface area contributed by atoms with Gasteiger partial charge in [0.05, 0.1) is 7.11 Å². The Bertz CT molecular complexity index is 1350. The van der Waals surface area contributed by atoms with Crippen LogP contribution in [0.15, 0.2) is 102 Å². The molecule has 4 aromatic rings. The molecule has 2 amide bonds. The fourth-order valence-electron chi connectivity index (χ4n) is 3.71. The lowest BCUT2D eigenvalue weighted by molar-refractivity contribution is -0.115. The van der Waals surface area contributed by atoms with Crippen LogP contribution in [0.2, 0.25) is 0 Å². The van der Waals surface area contributed by atoms with Crippen molar-refractivity contribution < 1.29 is 14.3 Å². The monoisotopic (exact) mass is 496 g/mol. The lowest BCUT2D eigenvalue weighted by Crippen LogP contribution is -2.19. The van der Waals surface area contributed by atoms with Crippen molar-refractivity contribution in [2.45, 2.75) is 24.0 Å². The van der Waals surface area contributed by atoms with Crippen LogP contribution in [-0.4, -0.2) is 18.9 Å². The van der Waals surface area contributed by atoms with Gasteiger partial charge in [0.15, 0.2) is 0 Å². The first-order valence-electron chi connectivity index (χ1n) is 11.6. The van der Waals surface area contributed by atoms with Crippen molar-refractivity contribution in [1.29, 1.82) is 0 Å². The van der Waals surface area contributed by atoms with Crippen molar-refractivity contribution in [1.82, 2.24) is 0 Å². The van der Waals surface area contributed by atoms with Gasteiger partial charge < -0.3 is 15.4 Å². The highest BCUT2D eigenvalue weighted by Gasteiger charge is 2.23. The van der Waals surface area contributed by atoms with Gasteiger partial charge in [-0.15, -0.1) is 11.8 Å². The maximum Gasteiger partial charge on any atom is 0.255 e. The van der Waals surface area contributed by atoms with Crippen LogP contribution in [0.1, 0.15) is 32.3 Å². The molecule has 5 nitrogen and oxygen atoms in total. The van der Waals surface area contributed by atoms with E-state index in [4.69, 9.17) is 4.74 Å². The summed E-state index contributed by atoms with van der Waals surface area (Å²) in [5.41, 5.74) is 5.10. The molecule has 4 aromatic carbocycles. The van der Waals surface area contributed by atoms with E-state index in [1.54, 1.807) is 31.4 Å². The molecule has 4 rings (SSSR count). The Morgan fingerprint density at radius 1 is 0.806 bits per heavy atom. The Morgan fingerprint density at radius 2 is 1.53 bits per heavy atom. The molecule has 0 bridgehead atoms. The summed E-state index contributed by atoms with van der Waals surface area (Å²) in [6, 6.07) is 30.1. The summed E-state index contributed by atoms with van der Waals surface area (Å²) in [5.74, 6) is 0.320. The molecular formula is C30H28N2O3S. The van der Waals surface area contributed by atoms with Crippen LogP contribution in [-0.2, 0) is 4.79 Å². The number of hydrogen-bond donors (Lipinski definition) is 2. The average molecular weight is 497 g/mol. The summed E-state index contributed by atoms with van der Waals surface area (Å²) in [6.07, 6.45) is 0. The molecule has 0 heterocycles. The molecule has 182 valence electrons. The summed E-state index contributed by atoms with van der Waals surface area (Å²) >= 11 is 1.47. The number of anilines is 2. The zero-order chi connectivity index (χ0) is 25.5. The number of methoxy groups -OCH3 is 1. The minimum absolute atomic E-state index is 0.0877. The number of carbonyl (C=O) groups excluding carboxylic acids is 2. The van der Waals surface area contributed by atoms with E-state index in [1.165, 1.54) is 11.8 Å². The van der Waals surface area contributed by atoms with Gasteiger partial charge in [0.1, 0.15) is 11.0 Å². The van der Waals surface area contributed by atoms with Gasteiger partial charge in [-0.3, -0.25) is 9.59 Å². The first-order valence-corrected chi connectivity index (χ1v) is 12.5. The molecule has 0 radical (unpaired) electrons. The van der Waals surface area contributed by atoms with E-state index in [0.717, 1.165) is 27.3 Å². The molecular weight excluding hydrogens is 468 g/mol. The highest BCUT2D eigenvalue weighted by Crippen LogP contribution is 2.37. The van der Waals surface area contributed by atoms with Gasteiger partial charge >= 0.3 is 0 Å². The molecule has 6 heteroatoms. The molecule has 1 atom stereocenters. The van der Waals surface area contributed by atoms with Gasteiger partial charge in [0.2, 0.25) is 5.91 Å². The Labute approximate surface area is 215 Å². The molecule has 0 aliphatic carbocycles. The van der Waals surface area contributed by atoms with Crippen molar-refractivity contribution in [3.05, 3.63) is 119 Å². The fourth-order valence-corrected chi connectivity index (χ4v) is 4.73. The minimum atomic E-state index is -0.441. The van der Waals surface area contributed by atoms with Crippen LogP contribution in [0, 0.1) is 13.8 Å². The summed E-state index contributed by atoms with van der Waals surface area (Å²) < 4.78 is 5.20. The van der Waals surface area contributed by atoms with Gasteiger partial charge in [-0.25, -0.2) is 0 Å². The number of nitrogens with one attached hydrogen (secondary N) is 2. The van der Waals surface area contributed by atoms with Gasteiger partial charge in [-0.1, -0.05) is 48.5 Å². The van der Waals surface area contributed by atoms with Crippen molar-refractivity contribution >= 4 is 35.0 Å². The standard InChI is InChI=1S/C30H28N2O3S/c1-20-9-7-14-27(21(20)2)32-30(34)28(22-10-5-4-6-11-22)36-26-17-15-24(16-18-26)31-29(33)23-12-8-13-25(19-23)35-3/h4-19,28H,1-3H3,(H,31,33)(H,32,34). The van der Waals surface area contributed by atoms with Crippen LogP contribution < -0.4 is 15.4 Å². The zero-order valence-electron chi connectivity index (χ0n) is 20.4. The van der Waals surface area contributed by atoms with E-state index in [2.05, 4.69) is 10.6 Å². The second-order valence-corrected chi connectivity index (χ2v) is 9.53. The first-order chi connectivity index (χ1) is 17.4. The highest BCUT2D eigenvalue weighted by molar-refractivity contribution is 8.00. The number of rotatable bonds is 8. The molecule has 0 aliphatic heterocycles. The van der Waals surface area contributed by atoms with Gasteiger partial charge in [-0.05, 0) is 79.1 Å². The maximum atomic E-state index is 13.4. The SMILES string of the molecule is COc1cccc(C(=O)Nc2ccc(SC(C(=O)Nc3cccc(C)c3C)c3ccccc3)cc2)c1. The maximum absolute atomic E-state index is 13.4. The van der Waals surface area contributed by atoms with Crippen LogP contribution in [0.4, 0.5) is 11.4 Å². The third-order valence-corrected chi connectivity index (χ3v) is 7.17. The number of thioether (sulfide) groups is 1. The molecule has 36 heavy (non-hydrogen) atoms. The Kier molecular flexibility index (Phi) is 8.08. The predicted octanol–water partition coefficient (Wildman–Crippen LogP) is 7.04. The Morgan fingerprint density at radius 3 is 2.25 bits per heavy atom. The van der Waals surface area contributed by atoms with Crippen LogP contribution in [0.25, 0.3) is 0 Å². The molecule has 0 fully saturated rings. The van der Waals surface area contributed by atoms with Crippen LogP contribution in [0.5, 0.6) is 5.75 Å². The van der Waals surface area contributed by atoms with Crippen molar-refractivity contribution in [3.8, 4) is 5.75 Å². The van der Waals surface area contributed by atoms with Gasteiger partial charge in [-0.2, -0.15) is 0 Å². The van der Waals surface area contributed by atoms with E-state index in [9.17, 15) is 9.59 Å². The zero-order valence-corrected chi connectivity index (χ0v) is 21.3. The molecule has 0 aliphatic rings. The molecule has 0 aromatic heterocycles. The smallest absolute Gasteiger partial charge is 0.255 e. The summed E-state index contributed by atoms with van der Waals surface area (Å²) in [4.78, 5) is 26.9. The van der Waals surface area contributed by atoms with Crippen LogP contribution >= 0.6 is 11.8 Å². The number of carbonyl (C=O) groups is 2. The normalized spacial score (nSPS) is 11.4. The minimum Gasteiger partial charge on any atom is -0.497 e. The van der Waals surface area contributed by atoms with E-state index < -0.39 is 5.25 Å². The number of amides is 2. The number of hydrogen-bond acceptors (Lipinski definition) is 4. The number of aryl methyl sites for hydroxylation is 1. The predicted molar refractivity (Wildman–Crippen MR) is 147 cm³/mol. The number of benzene rings is 4. The number of ether oxygens (including phenoxy) is 1. The van der Waals surface area contributed by atoms with Gasteiger partial charge in [0, 0.05) is 21.8 Å². The quantitative estimate of drug-likeness (QED) is 0.257. The van der Waals surface area contributed by atoms with E-state index >= 15 is 0 Å². The van der Waals surface area contributed by atoms with Crippen molar-refractivity contribution in [3.63, 3.8) is 0 Å². The summed E-state index contributed by atoms with van der Waals surface area (Å²) in [5, 5.41) is 5.57. The summed E-state index contributed by atoms with van der Waals surface area (Å²) in [6.45, 7) is 4.04. The van der Waals surface area contributed by atoms with Crippen molar-refractivity contribution in [2.75, 3.05) is 17.7 Å². The molecule has 0 spiro atoms. The lowest BCUT2D eigenvalue weighted by atomic mass is 10.1. The second-order valence-electron chi connectivity index (χ2n) is 8.36.